The Hall–Kier alpha value is -4.44. The molecule has 6 rings (SSSR count). The van der Waals surface area contributed by atoms with Crippen LogP contribution >= 0.6 is 34.7 Å². The van der Waals surface area contributed by atoms with E-state index < -0.39 is 12.0 Å². The van der Waals surface area contributed by atoms with E-state index in [1.54, 1.807) is 59.7 Å². The Balaban J connectivity index is 1.53. The van der Waals surface area contributed by atoms with Gasteiger partial charge in [-0.15, -0.1) is 11.8 Å². The number of fused-ring (bicyclic) bond motifs is 1. The maximum Gasteiger partial charge on any atom is 0.338 e. The number of thiazole rings is 1. The highest BCUT2D eigenvalue weighted by Crippen LogP contribution is 2.36. The van der Waals surface area contributed by atoms with Crippen LogP contribution in [0.1, 0.15) is 35.2 Å². The number of ether oxygens (including phenoxy) is 2. The van der Waals surface area contributed by atoms with E-state index in [0.29, 0.717) is 31.4 Å². The van der Waals surface area contributed by atoms with E-state index in [4.69, 9.17) is 26.1 Å². The van der Waals surface area contributed by atoms with Crippen LogP contribution < -0.4 is 19.6 Å². The van der Waals surface area contributed by atoms with Crippen LogP contribution in [0, 0.1) is 5.82 Å². The molecule has 0 radical (unpaired) electrons. The third-order valence-corrected chi connectivity index (χ3v) is 9.33. The number of aromatic nitrogens is 1. The molecule has 0 fully saturated rings. The van der Waals surface area contributed by atoms with Crippen molar-refractivity contribution in [2.24, 2.45) is 4.99 Å². The molecule has 0 spiro atoms. The smallest absolute Gasteiger partial charge is 0.338 e. The van der Waals surface area contributed by atoms with E-state index in [-0.39, 0.29) is 30.2 Å². The van der Waals surface area contributed by atoms with Gasteiger partial charge in [-0.1, -0.05) is 77.5 Å². The van der Waals surface area contributed by atoms with E-state index in [1.165, 1.54) is 23.5 Å². The minimum atomic E-state index is -0.780. The number of hydrogen-bond acceptors (Lipinski definition) is 7. The Kier molecular flexibility index (Phi) is 9.53. The molecule has 4 aromatic carbocycles. The van der Waals surface area contributed by atoms with Crippen molar-refractivity contribution in [2.75, 3.05) is 12.9 Å². The van der Waals surface area contributed by atoms with Crippen molar-refractivity contribution in [3.63, 3.8) is 0 Å². The average molecular weight is 671 g/mol. The topological polar surface area (TPSA) is 69.9 Å². The molecule has 6 nitrogen and oxygen atoms in total. The van der Waals surface area contributed by atoms with Crippen LogP contribution in [-0.4, -0.2) is 23.4 Å². The molecule has 0 bridgehead atoms. The van der Waals surface area contributed by atoms with E-state index in [2.05, 4.69) is 0 Å². The van der Waals surface area contributed by atoms with Crippen LogP contribution in [-0.2, 0) is 16.1 Å². The Morgan fingerprint density at radius 1 is 1.04 bits per heavy atom. The predicted octanol–water partition coefficient (Wildman–Crippen LogP) is 7.03. The van der Waals surface area contributed by atoms with Crippen LogP contribution in [0.2, 0.25) is 5.02 Å². The Bertz CT molecular complexity index is 2110. The lowest BCUT2D eigenvalue weighted by Gasteiger charge is -2.26. The number of esters is 1. The molecule has 0 unspecified atom stereocenters. The summed E-state index contributed by atoms with van der Waals surface area (Å²) in [4.78, 5) is 34.4. The van der Waals surface area contributed by atoms with E-state index >= 15 is 0 Å². The van der Waals surface area contributed by atoms with Gasteiger partial charge in [-0.2, -0.15) is 0 Å². The van der Waals surface area contributed by atoms with Crippen molar-refractivity contribution in [3.05, 3.63) is 155 Å². The number of benzene rings is 4. The first-order chi connectivity index (χ1) is 22.4. The summed E-state index contributed by atoms with van der Waals surface area (Å²) in [5.41, 5.74) is 3.29. The van der Waals surface area contributed by atoms with Gasteiger partial charge in [0.25, 0.3) is 5.56 Å². The van der Waals surface area contributed by atoms with Crippen LogP contribution in [0.5, 0.6) is 5.75 Å². The molecule has 46 heavy (non-hydrogen) atoms. The van der Waals surface area contributed by atoms with Crippen LogP contribution in [0.15, 0.2) is 117 Å². The van der Waals surface area contributed by atoms with Crippen molar-refractivity contribution in [1.82, 2.24) is 4.57 Å². The zero-order valence-electron chi connectivity index (χ0n) is 24.9. The quantitative estimate of drug-likeness (QED) is 0.124. The van der Waals surface area contributed by atoms with Gasteiger partial charge < -0.3 is 9.47 Å². The highest BCUT2D eigenvalue weighted by atomic mass is 35.5. The molecule has 2 heterocycles. The molecule has 0 aliphatic carbocycles. The van der Waals surface area contributed by atoms with Gasteiger partial charge >= 0.3 is 5.97 Å². The third kappa shape index (κ3) is 6.58. The second kappa shape index (κ2) is 13.9. The molecule has 1 aliphatic heterocycles. The molecular weight excluding hydrogens is 643 g/mol. The van der Waals surface area contributed by atoms with Gasteiger partial charge in [0.05, 0.1) is 28.5 Å². The fourth-order valence-electron chi connectivity index (χ4n) is 5.19. The number of hydrogen-bond donors (Lipinski definition) is 0. The number of thioether (sulfide) groups is 1. The lowest BCUT2D eigenvalue weighted by Crippen LogP contribution is -2.40. The highest BCUT2D eigenvalue weighted by Gasteiger charge is 2.35. The van der Waals surface area contributed by atoms with Gasteiger partial charge in [0.2, 0.25) is 0 Å². The molecule has 1 aromatic heterocycles. The number of rotatable bonds is 9. The van der Waals surface area contributed by atoms with Crippen molar-refractivity contribution in [3.8, 4) is 5.75 Å². The molecule has 232 valence electrons. The molecule has 1 atom stereocenters. The van der Waals surface area contributed by atoms with Gasteiger partial charge in [0, 0.05) is 21.0 Å². The first kappa shape index (κ1) is 31.5. The summed E-state index contributed by atoms with van der Waals surface area (Å²) >= 11 is 9.20. The number of carbonyl (C=O) groups is 1. The number of carbonyl (C=O) groups excluding carboxylic acids is 1. The normalized spacial score (nSPS) is 14.5. The summed E-state index contributed by atoms with van der Waals surface area (Å²) in [6.45, 7) is 2.11. The molecular formula is C36H28ClFN2O4S2. The first-order valence-electron chi connectivity index (χ1n) is 14.5. The molecule has 0 saturated carbocycles. The van der Waals surface area contributed by atoms with Crippen molar-refractivity contribution >= 4 is 52.4 Å². The molecule has 10 heteroatoms. The zero-order valence-corrected chi connectivity index (χ0v) is 27.3. The standard InChI is InChI=1S/C36H28ClFN2O4S2/c1-3-43-35(42)31-32(23-7-5-4-6-8-23)39-36-40(33(31)24-11-16-28(45-2)17-12-24)34(41)30(46-36)20-25-19-26(37)13-18-29(25)44-21-22-9-14-27(38)15-10-22/h4-20,33H,3,21H2,1-2H3/b30-20-/t33-/m1/s1. The van der Waals surface area contributed by atoms with Gasteiger partial charge in [-0.05, 0) is 72.8 Å². The second-order valence-corrected chi connectivity index (χ2v) is 12.6. The first-order valence-corrected chi connectivity index (χ1v) is 16.9. The summed E-state index contributed by atoms with van der Waals surface area (Å²) in [6.07, 6.45) is 3.71. The molecule has 1 aliphatic rings. The summed E-state index contributed by atoms with van der Waals surface area (Å²) in [5, 5.41) is 0.468. The summed E-state index contributed by atoms with van der Waals surface area (Å²) in [5.74, 6) is -0.364. The maximum atomic E-state index is 14.3. The Labute approximate surface area is 278 Å². The van der Waals surface area contributed by atoms with Crippen LogP contribution in [0.25, 0.3) is 11.8 Å². The molecule has 0 saturated heterocycles. The Morgan fingerprint density at radius 2 is 1.78 bits per heavy atom. The summed E-state index contributed by atoms with van der Waals surface area (Å²) in [7, 11) is 0. The minimum Gasteiger partial charge on any atom is -0.488 e. The van der Waals surface area contributed by atoms with E-state index in [0.717, 1.165) is 21.6 Å². The fraction of sp³-hybridized carbons (Fsp3) is 0.139. The monoisotopic (exact) mass is 670 g/mol. The molecule has 5 aromatic rings. The van der Waals surface area contributed by atoms with E-state index in [9.17, 15) is 14.0 Å². The molecule has 0 N–H and O–H groups in total. The van der Waals surface area contributed by atoms with Gasteiger partial charge in [-0.25, -0.2) is 14.2 Å². The number of halogens is 2. The van der Waals surface area contributed by atoms with Crippen molar-refractivity contribution in [1.29, 1.82) is 0 Å². The fourth-order valence-corrected chi connectivity index (χ4v) is 6.77. The lowest BCUT2D eigenvalue weighted by molar-refractivity contribution is -0.138. The molecule has 0 amide bonds. The van der Waals surface area contributed by atoms with Gasteiger partial charge in [0.15, 0.2) is 4.80 Å². The Morgan fingerprint density at radius 3 is 2.48 bits per heavy atom. The minimum absolute atomic E-state index is 0.169. The third-order valence-electron chi connectivity index (χ3n) is 7.37. The SMILES string of the molecule is CCOC(=O)C1=C(c2ccccc2)N=c2s/c(=C\c3cc(Cl)ccc3OCc3ccc(F)cc3)c(=O)n2[C@@H]1c1ccc(SC)cc1. The second-order valence-electron chi connectivity index (χ2n) is 10.3. The average Bonchev–Trinajstić information content (AvgIpc) is 3.39. The highest BCUT2D eigenvalue weighted by molar-refractivity contribution is 7.98. The van der Waals surface area contributed by atoms with Crippen LogP contribution in [0.3, 0.4) is 0 Å². The largest absolute Gasteiger partial charge is 0.488 e. The summed E-state index contributed by atoms with van der Waals surface area (Å²) in [6, 6.07) is 27.7. The van der Waals surface area contributed by atoms with E-state index in [1.807, 2.05) is 60.9 Å². The number of nitrogens with zero attached hydrogens (tertiary/aromatic N) is 2. The maximum absolute atomic E-state index is 14.3. The van der Waals surface area contributed by atoms with Crippen molar-refractivity contribution < 1.29 is 18.7 Å². The summed E-state index contributed by atoms with van der Waals surface area (Å²) < 4.78 is 27.0. The van der Waals surface area contributed by atoms with Crippen molar-refractivity contribution in [2.45, 2.75) is 24.5 Å². The predicted molar refractivity (Wildman–Crippen MR) is 181 cm³/mol. The van der Waals surface area contributed by atoms with Crippen LogP contribution in [0.4, 0.5) is 4.39 Å². The zero-order chi connectivity index (χ0) is 32.2. The van der Waals surface area contributed by atoms with Gasteiger partial charge in [-0.3, -0.25) is 9.36 Å². The van der Waals surface area contributed by atoms with Gasteiger partial charge in [0.1, 0.15) is 18.2 Å². The lowest BCUT2D eigenvalue weighted by atomic mass is 9.93.